The van der Waals surface area contributed by atoms with Crippen LogP contribution in [0.25, 0.3) is 0 Å². The van der Waals surface area contributed by atoms with Crippen LogP contribution in [0, 0.1) is 0 Å². The SMILES string of the molecule is Oc1ccccc1C1CC(c2cnccn2)N=N1. The molecule has 1 aromatic carbocycles. The van der Waals surface area contributed by atoms with Crippen molar-refractivity contribution in [3.8, 4) is 5.75 Å². The number of nitrogens with zero attached hydrogens (tertiary/aromatic N) is 4. The number of hydrogen-bond donors (Lipinski definition) is 1. The third-order valence-corrected chi connectivity index (χ3v) is 3.01. The van der Waals surface area contributed by atoms with E-state index in [9.17, 15) is 5.11 Å². The molecule has 5 nitrogen and oxygen atoms in total. The van der Waals surface area contributed by atoms with Gasteiger partial charge in [0.1, 0.15) is 17.8 Å². The molecule has 0 saturated heterocycles. The minimum Gasteiger partial charge on any atom is -0.508 e. The summed E-state index contributed by atoms with van der Waals surface area (Å²) in [5.74, 6) is 0.265. The molecule has 90 valence electrons. The van der Waals surface area contributed by atoms with Gasteiger partial charge in [0.2, 0.25) is 0 Å². The monoisotopic (exact) mass is 240 g/mol. The molecule has 2 atom stereocenters. The second-order valence-corrected chi connectivity index (χ2v) is 4.19. The Morgan fingerprint density at radius 1 is 1.06 bits per heavy atom. The molecule has 1 aliphatic heterocycles. The van der Waals surface area contributed by atoms with Gasteiger partial charge in [0.05, 0.1) is 11.9 Å². The first-order valence-electron chi connectivity index (χ1n) is 5.78. The lowest BCUT2D eigenvalue weighted by Crippen LogP contribution is -1.99. The van der Waals surface area contributed by atoms with Crippen molar-refractivity contribution in [3.63, 3.8) is 0 Å². The largest absolute Gasteiger partial charge is 0.508 e. The zero-order valence-electron chi connectivity index (χ0n) is 9.64. The third kappa shape index (κ3) is 1.95. The Morgan fingerprint density at radius 2 is 1.89 bits per heavy atom. The normalized spacial score (nSPS) is 22.2. The zero-order chi connectivity index (χ0) is 12.4. The number of rotatable bonds is 2. The maximum atomic E-state index is 9.80. The molecule has 0 bridgehead atoms. The lowest BCUT2D eigenvalue weighted by atomic mass is 9.99. The van der Waals surface area contributed by atoms with Crippen LogP contribution in [-0.4, -0.2) is 15.1 Å². The Morgan fingerprint density at radius 3 is 2.67 bits per heavy atom. The van der Waals surface area contributed by atoms with E-state index in [1.165, 1.54) is 0 Å². The zero-order valence-corrected chi connectivity index (χ0v) is 9.64. The first-order valence-corrected chi connectivity index (χ1v) is 5.78. The fourth-order valence-corrected chi connectivity index (χ4v) is 2.09. The highest BCUT2D eigenvalue weighted by molar-refractivity contribution is 5.35. The fourth-order valence-electron chi connectivity index (χ4n) is 2.09. The van der Waals surface area contributed by atoms with E-state index in [1.54, 1.807) is 30.7 Å². The number of phenols is 1. The molecule has 1 aliphatic rings. The van der Waals surface area contributed by atoms with Gasteiger partial charge in [-0.25, -0.2) is 0 Å². The van der Waals surface area contributed by atoms with Crippen LogP contribution in [0.5, 0.6) is 5.75 Å². The topological polar surface area (TPSA) is 70.7 Å². The smallest absolute Gasteiger partial charge is 0.120 e. The molecule has 18 heavy (non-hydrogen) atoms. The summed E-state index contributed by atoms with van der Waals surface area (Å²) < 4.78 is 0. The molecule has 0 amide bonds. The molecular weight excluding hydrogens is 228 g/mol. The maximum absolute atomic E-state index is 9.80. The molecule has 0 aliphatic carbocycles. The molecule has 2 unspecified atom stereocenters. The highest BCUT2D eigenvalue weighted by Crippen LogP contribution is 2.40. The van der Waals surface area contributed by atoms with Gasteiger partial charge >= 0.3 is 0 Å². The maximum Gasteiger partial charge on any atom is 0.120 e. The molecule has 0 radical (unpaired) electrons. The summed E-state index contributed by atoms with van der Waals surface area (Å²) in [6, 6.07) is 7.06. The Bertz CT molecular complexity index is 570. The van der Waals surface area contributed by atoms with Gasteiger partial charge in [0.15, 0.2) is 0 Å². The molecule has 3 rings (SSSR count). The Labute approximate surface area is 104 Å². The lowest BCUT2D eigenvalue weighted by Gasteiger charge is -2.09. The van der Waals surface area contributed by atoms with Crippen molar-refractivity contribution in [3.05, 3.63) is 54.1 Å². The van der Waals surface area contributed by atoms with E-state index in [2.05, 4.69) is 20.2 Å². The third-order valence-electron chi connectivity index (χ3n) is 3.01. The van der Waals surface area contributed by atoms with Crippen LogP contribution in [0.2, 0.25) is 0 Å². The summed E-state index contributed by atoms with van der Waals surface area (Å²) in [4.78, 5) is 8.26. The van der Waals surface area contributed by atoms with Crippen molar-refractivity contribution in [2.45, 2.75) is 18.5 Å². The van der Waals surface area contributed by atoms with E-state index in [0.29, 0.717) is 0 Å². The molecule has 0 fully saturated rings. The van der Waals surface area contributed by atoms with E-state index in [4.69, 9.17) is 0 Å². The van der Waals surface area contributed by atoms with Crippen molar-refractivity contribution in [2.75, 3.05) is 0 Å². The van der Waals surface area contributed by atoms with Crippen LogP contribution >= 0.6 is 0 Å². The van der Waals surface area contributed by atoms with Crippen molar-refractivity contribution in [1.29, 1.82) is 0 Å². The van der Waals surface area contributed by atoms with E-state index in [0.717, 1.165) is 17.7 Å². The second kappa shape index (κ2) is 4.52. The van der Waals surface area contributed by atoms with Crippen LogP contribution in [0.15, 0.2) is 53.1 Å². The number of hydrogen-bond acceptors (Lipinski definition) is 5. The van der Waals surface area contributed by atoms with Gasteiger partial charge in [-0.1, -0.05) is 18.2 Å². The van der Waals surface area contributed by atoms with Crippen LogP contribution in [0.3, 0.4) is 0 Å². The minimum absolute atomic E-state index is 0.0664. The average molecular weight is 240 g/mol. The van der Waals surface area contributed by atoms with Gasteiger partial charge in [0, 0.05) is 24.4 Å². The van der Waals surface area contributed by atoms with Gasteiger partial charge in [-0.2, -0.15) is 10.2 Å². The van der Waals surface area contributed by atoms with E-state index >= 15 is 0 Å². The van der Waals surface area contributed by atoms with E-state index in [1.807, 2.05) is 12.1 Å². The minimum atomic E-state index is -0.0989. The van der Waals surface area contributed by atoms with Crippen molar-refractivity contribution < 1.29 is 5.11 Å². The molecule has 2 heterocycles. The van der Waals surface area contributed by atoms with Crippen molar-refractivity contribution in [2.24, 2.45) is 10.2 Å². The summed E-state index contributed by atoms with van der Waals surface area (Å²) in [6.45, 7) is 0. The predicted molar refractivity (Wildman–Crippen MR) is 65.1 cm³/mol. The lowest BCUT2D eigenvalue weighted by molar-refractivity contribution is 0.460. The predicted octanol–water partition coefficient (Wildman–Crippen LogP) is 2.82. The molecule has 0 saturated carbocycles. The highest BCUT2D eigenvalue weighted by atomic mass is 16.3. The van der Waals surface area contributed by atoms with Crippen LogP contribution in [-0.2, 0) is 0 Å². The quantitative estimate of drug-likeness (QED) is 0.877. The Kier molecular flexibility index (Phi) is 2.72. The number of para-hydroxylation sites is 1. The summed E-state index contributed by atoms with van der Waals surface area (Å²) in [7, 11) is 0. The van der Waals surface area contributed by atoms with Crippen LogP contribution < -0.4 is 0 Å². The van der Waals surface area contributed by atoms with Gasteiger partial charge in [0.25, 0.3) is 0 Å². The molecule has 5 heteroatoms. The summed E-state index contributed by atoms with van der Waals surface area (Å²) in [5.41, 5.74) is 1.63. The number of azo groups is 1. The summed E-state index contributed by atoms with van der Waals surface area (Å²) >= 11 is 0. The van der Waals surface area contributed by atoms with E-state index in [-0.39, 0.29) is 17.8 Å². The molecule has 0 spiro atoms. The number of aromatic nitrogens is 2. The number of benzene rings is 1. The van der Waals surface area contributed by atoms with Gasteiger partial charge in [-0.05, 0) is 6.07 Å². The fraction of sp³-hybridized carbons (Fsp3) is 0.231. The summed E-state index contributed by atoms with van der Waals surface area (Å²) in [5, 5.41) is 18.2. The summed E-state index contributed by atoms with van der Waals surface area (Å²) in [6.07, 6.45) is 5.71. The van der Waals surface area contributed by atoms with Gasteiger partial charge in [-0.15, -0.1) is 0 Å². The number of phenolic OH excluding ortho intramolecular Hbond substituents is 1. The second-order valence-electron chi connectivity index (χ2n) is 4.19. The first kappa shape index (κ1) is 10.8. The van der Waals surface area contributed by atoms with Crippen LogP contribution in [0.1, 0.15) is 29.8 Å². The highest BCUT2D eigenvalue weighted by Gasteiger charge is 2.27. The first-order chi connectivity index (χ1) is 8.84. The standard InChI is InChI=1S/C13H12N4O/c18-13-4-2-1-3-9(13)10-7-11(17-16-10)12-8-14-5-6-15-12/h1-6,8,10-11,18H,7H2. The Hall–Kier alpha value is -2.30. The van der Waals surface area contributed by atoms with Gasteiger partial charge < -0.3 is 5.11 Å². The Balaban J connectivity index is 1.81. The molecule has 1 aromatic heterocycles. The van der Waals surface area contributed by atoms with E-state index < -0.39 is 0 Å². The van der Waals surface area contributed by atoms with Crippen LogP contribution in [0.4, 0.5) is 0 Å². The average Bonchev–Trinajstić information content (AvgIpc) is 2.90. The molecular formula is C13H12N4O. The molecule has 1 N–H and O–H groups in total. The van der Waals surface area contributed by atoms with Crippen molar-refractivity contribution in [1.82, 2.24) is 9.97 Å². The van der Waals surface area contributed by atoms with Gasteiger partial charge in [-0.3, -0.25) is 9.97 Å². The molecule has 2 aromatic rings. The number of aromatic hydroxyl groups is 1. The van der Waals surface area contributed by atoms with Crippen molar-refractivity contribution >= 4 is 0 Å².